The largest absolute Gasteiger partial charge is 0.444 e. The molecule has 0 aromatic rings. The average Bonchev–Trinajstić information content (AvgIpc) is 2.39. The van der Waals surface area contributed by atoms with E-state index in [0.717, 1.165) is 24.6 Å². The standard InChI is InChI=1S/C16H29BrN2O3/c1-12-8-10-19(15(21)22-16(2,3)4)11-13(12)18-14(20)7-5-6-9-17/h12-13H,5-11H2,1-4H3,(H,18,20)/t12-,13-/m0/s1. The topological polar surface area (TPSA) is 58.6 Å². The van der Waals surface area contributed by atoms with Crippen molar-refractivity contribution in [2.45, 2.75) is 65.0 Å². The molecule has 0 aromatic heterocycles. The van der Waals surface area contributed by atoms with Crippen molar-refractivity contribution in [1.29, 1.82) is 0 Å². The van der Waals surface area contributed by atoms with Gasteiger partial charge in [0.25, 0.3) is 0 Å². The van der Waals surface area contributed by atoms with Crippen molar-refractivity contribution in [2.75, 3.05) is 18.4 Å². The summed E-state index contributed by atoms with van der Waals surface area (Å²) in [6.07, 6.45) is 3.01. The van der Waals surface area contributed by atoms with Gasteiger partial charge in [-0.25, -0.2) is 4.79 Å². The first kappa shape index (κ1) is 19.3. The van der Waals surface area contributed by atoms with E-state index in [-0.39, 0.29) is 18.0 Å². The molecule has 1 N–H and O–H groups in total. The van der Waals surface area contributed by atoms with Gasteiger partial charge in [0, 0.05) is 30.9 Å². The predicted octanol–water partition coefficient (Wildman–Crippen LogP) is 3.31. The van der Waals surface area contributed by atoms with E-state index in [9.17, 15) is 9.59 Å². The SMILES string of the molecule is C[C@H]1CCN(C(=O)OC(C)(C)C)C[C@@H]1NC(=O)CCCCBr. The van der Waals surface area contributed by atoms with Crippen LogP contribution >= 0.6 is 15.9 Å². The van der Waals surface area contributed by atoms with Crippen molar-refractivity contribution >= 4 is 27.9 Å². The Balaban J connectivity index is 2.49. The number of nitrogens with one attached hydrogen (secondary N) is 1. The number of halogens is 1. The third kappa shape index (κ3) is 6.99. The molecule has 0 aliphatic carbocycles. The second kappa shape index (κ2) is 8.75. The second-order valence-corrected chi connectivity index (χ2v) is 7.81. The molecule has 1 fully saturated rings. The molecule has 2 atom stereocenters. The highest BCUT2D eigenvalue weighted by Gasteiger charge is 2.32. The minimum atomic E-state index is -0.491. The van der Waals surface area contributed by atoms with E-state index in [4.69, 9.17) is 4.74 Å². The number of piperidine rings is 1. The summed E-state index contributed by atoms with van der Waals surface area (Å²) in [4.78, 5) is 25.8. The van der Waals surface area contributed by atoms with E-state index in [2.05, 4.69) is 28.2 Å². The molecule has 2 amide bonds. The number of likely N-dealkylation sites (tertiary alicyclic amines) is 1. The highest BCUT2D eigenvalue weighted by atomic mass is 79.9. The number of rotatable bonds is 5. The lowest BCUT2D eigenvalue weighted by molar-refractivity contribution is -0.122. The summed E-state index contributed by atoms with van der Waals surface area (Å²) in [6, 6.07) is 0.0118. The van der Waals surface area contributed by atoms with Gasteiger partial charge in [0.15, 0.2) is 0 Å². The monoisotopic (exact) mass is 376 g/mol. The maximum absolute atomic E-state index is 12.1. The normalized spacial score (nSPS) is 22.3. The molecule has 6 heteroatoms. The number of amides is 2. The van der Waals surface area contributed by atoms with Crippen molar-refractivity contribution in [1.82, 2.24) is 10.2 Å². The zero-order valence-corrected chi connectivity index (χ0v) is 15.7. The van der Waals surface area contributed by atoms with E-state index < -0.39 is 5.60 Å². The maximum atomic E-state index is 12.1. The third-order valence-corrected chi connectivity index (χ3v) is 4.30. The Morgan fingerprint density at radius 1 is 1.32 bits per heavy atom. The van der Waals surface area contributed by atoms with E-state index in [1.807, 2.05) is 20.8 Å². The van der Waals surface area contributed by atoms with Crippen LogP contribution in [0.5, 0.6) is 0 Å². The second-order valence-electron chi connectivity index (χ2n) is 7.01. The van der Waals surface area contributed by atoms with Gasteiger partial charge in [-0.2, -0.15) is 0 Å². The number of nitrogens with zero attached hydrogens (tertiary/aromatic N) is 1. The molecule has 0 bridgehead atoms. The maximum Gasteiger partial charge on any atom is 0.410 e. The van der Waals surface area contributed by atoms with E-state index in [1.54, 1.807) is 4.90 Å². The van der Waals surface area contributed by atoms with Gasteiger partial charge in [-0.1, -0.05) is 22.9 Å². The fourth-order valence-corrected chi connectivity index (χ4v) is 2.81. The fourth-order valence-electron chi connectivity index (χ4n) is 2.41. The molecule has 0 saturated carbocycles. The van der Waals surface area contributed by atoms with E-state index >= 15 is 0 Å². The van der Waals surface area contributed by atoms with E-state index in [1.165, 1.54) is 0 Å². The Hall–Kier alpha value is -0.780. The lowest BCUT2D eigenvalue weighted by Gasteiger charge is -2.38. The number of carbonyl (C=O) groups excluding carboxylic acids is 2. The third-order valence-electron chi connectivity index (χ3n) is 3.74. The van der Waals surface area contributed by atoms with Gasteiger partial charge in [-0.05, 0) is 46.0 Å². The fraction of sp³-hybridized carbons (Fsp3) is 0.875. The molecule has 128 valence electrons. The molecule has 1 heterocycles. The number of unbranched alkanes of at least 4 members (excludes halogenated alkanes) is 1. The summed E-state index contributed by atoms with van der Waals surface area (Å²) in [5.41, 5.74) is -0.491. The van der Waals surface area contributed by atoms with Crippen LogP contribution in [0.3, 0.4) is 0 Å². The summed E-state index contributed by atoms with van der Waals surface area (Å²) >= 11 is 3.37. The summed E-state index contributed by atoms with van der Waals surface area (Å²) in [7, 11) is 0. The van der Waals surface area contributed by atoms with Crippen molar-refractivity contribution in [3.05, 3.63) is 0 Å². The number of hydrogen-bond acceptors (Lipinski definition) is 3. The smallest absolute Gasteiger partial charge is 0.410 e. The summed E-state index contributed by atoms with van der Waals surface area (Å²) < 4.78 is 5.41. The molecule has 5 nitrogen and oxygen atoms in total. The molecule has 1 aliphatic rings. The molecular formula is C16H29BrN2O3. The number of alkyl halides is 1. The predicted molar refractivity (Wildman–Crippen MR) is 91.2 cm³/mol. The number of hydrogen-bond donors (Lipinski definition) is 1. The van der Waals surface area contributed by atoms with Crippen LogP contribution in [0, 0.1) is 5.92 Å². The van der Waals surface area contributed by atoms with Gasteiger partial charge in [0.2, 0.25) is 5.91 Å². The van der Waals surface area contributed by atoms with Gasteiger partial charge in [0.1, 0.15) is 5.60 Å². The Bertz CT molecular complexity index is 382. The summed E-state index contributed by atoms with van der Waals surface area (Å²) in [5.74, 6) is 0.447. The highest BCUT2D eigenvalue weighted by Crippen LogP contribution is 2.20. The molecule has 0 aromatic carbocycles. The Labute approximate surface area is 142 Å². The molecule has 1 aliphatic heterocycles. The van der Waals surface area contributed by atoms with Crippen LogP contribution in [-0.4, -0.2) is 47.0 Å². The van der Waals surface area contributed by atoms with Crippen LogP contribution < -0.4 is 5.32 Å². The Morgan fingerprint density at radius 2 is 2.00 bits per heavy atom. The zero-order chi connectivity index (χ0) is 16.8. The lowest BCUT2D eigenvalue weighted by Crippen LogP contribution is -2.54. The molecule has 1 saturated heterocycles. The van der Waals surface area contributed by atoms with Crippen molar-refractivity contribution < 1.29 is 14.3 Å². The highest BCUT2D eigenvalue weighted by molar-refractivity contribution is 9.09. The Kier molecular flexibility index (Phi) is 7.66. The van der Waals surface area contributed by atoms with Gasteiger partial charge in [0.05, 0.1) is 0 Å². The molecule has 0 unspecified atom stereocenters. The van der Waals surface area contributed by atoms with Crippen LogP contribution in [-0.2, 0) is 9.53 Å². The first-order valence-corrected chi connectivity index (χ1v) is 9.18. The van der Waals surface area contributed by atoms with Crippen LogP contribution in [0.1, 0.15) is 53.4 Å². The van der Waals surface area contributed by atoms with Gasteiger partial charge < -0.3 is 15.0 Å². The Morgan fingerprint density at radius 3 is 2.59 bits per heavy atom. The minimum absolute atomic E-state index is 0.0118. The van der Waals surface area contributed by atoms with Crippen LogP contribution in [0.2, 0.25) is 0 Å². The zero-order valence-electron chi connectivity index (χ0n) is 14.2. The van der Waals surface area contributed by atoms with Crippen molar-refractivity contribution in [2.24, 2.45) is 5.92 Å². The van der Waals surface area contributed by atoms with Gasteiger partial charge in [-0.15, -0.1) is 0 Å². The summed E-state index contributed by atoms with van der Waals surface area (Å²) in [5, 5.41) is 3.99. The van der Waals surface area contributed by atoms with Crippen molar-refractivity contribution in [3.8, 4) is 0 Å². The molecular weight excluding hydrogens is 348 g/mol. The van der Waals surface area contributed by atoms with Crippen molar-refractivity contribution in [3.63, 3.8) is 0 Å². The average molecular weight is 377 g/mol. The van der Waals surface area contributed by atoms with Gasteiger partial charge >= 0.3 is 6.09 Å². The quantitative estimate of drug-likeness (QED) is 0.591. The lowest BCUT2D eigenvalue weighted by atomic mass is 9.93. The molecule has 0 spiro atoms. The first-order chi connectivity index (χ1) is 10.2. The van der Waals surface area contributed by atoms with Crippen LogP contribution in [0.25, 0.3) is 0 Å². The van der Waals surface area contributed by atoms with E-state index in [0.29, 0.717) is 25.4 Å². The minimum Gasteiger partial charge on any atom is -0.444 e. The number of ether oxygens (including phenoxy) is 1. The van der Waals surface area contributed by atoms with Crippen LogP contribution in [0.4, 0.5) is 4.79 Å². The molecule has 22 heavy (non-hydrogen) atoms. The summed E-state index contributed by atoms with van der Waals surface area (Å²) in [6.45, 7) is 8.92. The van der Waals surface area contributed by atoms with Crippen LogP contribution in [0.15, 0.2) is 0 Å². The number of carbonyl (C=O) groups is 2. The molecule has 0 radical (unpaired) electrons. The van der Waals surface area contributed by atoms with Gasteiger partial charge in [-0.3, -0.25) is 4.79 Å². The molecule has 1 rings (SSSR count). The first-order valence-electron chi connectivity index (χ1n) is 8.06.